The van der Waals surface area contributed by atoms with Gasteiger partial charge in [0.15, 0.2) is 24.4 Å². The molecule has 10 unspecified atom stereocenters. The van der Waals surface area contributed by atoms with Gasteiger partial charge in [-0.25, -0.2) is 4.79 Å². The predicted molar refractivity (Wildman–Crippen MR) is 326 cm³/mol. The van der Waals surface area contributed by atoms with Gasteiger partial charge in [0.2, 0.25) is 11.8 Å². The van der Waals surface area contributed by atoms with E-state index in [9.17, 15) is 80.5 Å². The van der Waals surface area contributed by atoms with E-state index < -0.39 is 173 Å². The SMILES string of the molecule is CCCCCCCCCCCCCCCCCCCC[C@@H](O)C(=O)NC(CO[C@@H]1OC(CO[C@]2(C(=O)O)CC[C@@](O)(NC(=O)CO[C@@H]3OC(C)[C@H](OC(C)=O)C(O)C3O)C(C(O)C(O)CO)O2)[C@@H](O)[C@@H](O)C1O)[C@H](O)/C=C/CCCCCCCCC(C)CC. The van der Waals surface area contributed by atoms with Gasteiger partial charge < -0.3 is 105 Å². The first-order chi connectivity index (χ1) is 42.4. The fourth-order valence-electron chi connectivity index (χ4n) is 11.4. The second-order valence-electron chi connectivity index (χ2n) is 25.1. The van der Waals surface area contributed by atoms with E-state index in [1.165, 1.54) is 122 Å². The lowest BCUT2D eigenvalue weighted by atomic mass is 9.87. The molecule has 3 saturated heterocycles. The van der Waals surface area contributed by atoms with Gasteiger partial charge in [0.05, 0.1) is 38.1 Å². The molecule has 89 heavy (non-hydrogen) atoms. The molecule has 0 aromatic rings. The minimum Gasteiger partial charge on any atom is -0.477 e. The van der Waals surface area contributed by atoms with Crippen molar-refractivity contribution in [2.24, 2.45) is 5.92 Å². The largest absolute Gasteiger partial charge is 0.477 e. The molecule has 3 heterocycles. The third-order valence-electron chi connectivity index (χ3n) is 17.5. The lowest BCUT2D eigenvalue weighted by molar-refractivity contribution is -0.351. The quantitative estimate of drug-likeness (QED) is 0.0177. The number of ether oxygens (including phenoxy) is 7. The van der Waals surface area contributed by atoms with Gasteiger partial charge in [-0.1, -0.05) is 193 Å². The van der Waals surface area contributed by atoms with Crippen molar-refractivity contribution in [1.82, 2.24) is 10.6 Å². The average molecular weight is 1280 g/mol. The Hall–Kier alpha value is -3.06. The first-order valence-corrected chi connectivity index (χ1v) is 33.5. The normalized spacial score (nSPS) is 29.5. The second kappa shape index (κ2) is 43.8. The summed E-state index contributed by atoms with van der Waals surface area (Å²) in [5.74, 6) is -6.78. The number of aliphatic carboxylic acids is 1. The van der Waals surface area contributed by atoms with Crippen molar-refractivity contribution >= 4 is 23.8 Å². The Morgan fingerprint density at radius 3 is 1.74 bits per heavy atom. The Morgan fingerprint density at radius 1 is 0.674 bits per heavy atom. The monoisotopic (exact) mass is 1280 g/mol. The minimum atomic E-state index is -2.88. The van der Waals surface area contributed by atoms with E-state index >= 15 is 0 Å². The van der Waals surface area contributed by atoms with Gasteiger partial charge in [0.1, 0.15) is 67.6 Å². The van der Waals surface area contributed by atoms with Crippen LogP contribution in [0, 0.1) is 5.92 Å². The van der Waals surface area contributed by atoms with Crippen LogP contribution >= 0.6 is 0 Å². The molecule has 19 atom stereocenters. The summed E-state index contributed by atoms with van der Waals surface area (Å²) >= 11 is 0. The highest BCUT2D eigenvalue weighted by atomic mass is 16.8. The summed E-state index contributed by atoms with van der Waals surface area (Å²) in [7, 11) is 0. The first-order valence-electron chi connectivity index (χ1n) is 33.5. The van der Waals surface area contributed by atoms with Crippen LogP contribution in [0.3, 0.4) is 0 Å². The molecule has 0 bridgehead atoms. The smallest absolute Gasteiger partial charge is 0.364 e. The number of rotatable bonds is 48. The molecular weight excluding hydrogens is 1160 g/mol. The van der Waals surface area contributed by atoms with Crippen molar-refractivity contribution in [2.75, 3.05) is 26.4 Å². The zero-order valence-corrected chi connectivity index (χ0v) is 53.9. The Labute approximate surface area is 527 Å². The Bertz CT molecular complexity index is 1980. The molecule has 3 rings (SSSR count). The summed E-state index contributed by atoms with van der Waals surface area (Å²) < 4.78 is 38.9. The summed E-state index contributed by atoms with van der Waals surface area (Å²) in [5.41, 5.74) is -2.75. The highest BCUT2D eigenvalue weighted by Gasteiger charge is 2.59. The molecule has 3 aliphatic rings. The maximum absolute atomic E-state index is 13.5. The molecule has 0 radical (unpaired) electrons. The number of carbonyl (C=O) groups excluding carboxylic acids is 3. The number of hydrogen-bond acceptors (Lipinski definition) is 22. The van der Waals surface area contributed by atoms with E-state index in [2.05, 4.69) is 31.4 Å². The van der Waals surface area contributed by atoms with Gasteiger partial charge in [0, 0.05) is 19.8 Å². The summed E-state index contributed by atoms with van der Waals surface area (Å²) in [5, 5.41) is 135. The average Bonchev–Trinajstić information content (AvgIpc) is 0.840. The standard InChI is InChI=1S/C64H116N2O23/c1-6-8-9-10-11-12-13-14-15-16-17-18-19-20-21-26-29-32-35-47(70)59(79)65-45(46(69)34-31-28-25-23-22-24-27-30-33-42(3)7-2)39-83-61-55(77)53(75)52(74)49(88-61)40-85-64(62(80)81)37-36-63(82,58(89-64)51(73)48(71)38-67)66-50(72)41-84-60-56(78)54(76)57(43(4)86-60)87-44(5)68/h31,34,42-43,45-49,51-58,60-61,67,69-71,73-78,82H,6-30,32-33,35-41H2,1-5H3,(H,65,79)(H,66,72)(H,80,81)/b34-31+/t42?,43?,45?,46-,47-,48?,49?,51?,52-,53-,54?,55?,56?,57+,58?,60-,61-,63+,64-/m1/s1. The number of esters is 1. The number of carbonyl (C=O) groups is 4. The number of nitrogens with one attached hydrogen (secondary N) is 2. The van der Waals surface area contributed by atoms with Crippen molar-refractivity contribution in [2.45, 2.75) is 337 Å². The van der Waals surface area contributed by atoms with E-state index in [1.54, 1.807) is 6.08 Å². The van der Waals surface area contributed by atoms with Crippen LogP contribution in [-0.4, -0.2) is 221 Å². The minimum absolute atomic E-state index is 0.167. The Balaban J connectivity index is 1.63. The number of aliphatic hydroxyl groups excluding tert-OH is 10. The van der Waals surface area contributed by atoms with Crippen molar-refractivity contribution in [3.8, 4) is 0 Å². The van der Waals surface area contributed by atoms with Crippen LogP contribution in [0.5, 0.6) is 0 Å². The summed E-state index contributed by atoms with van der Waals surface area (Å²) in [6.07, 6.45) is 6.12. The van der Waals surface area contributed by atoms with Crippen LogP contribution in [0.15, 0.2) is 12.2 Å². The Morgan fingerprint density at radius 2 is 1.20 bits per heavy atom. The van der Waals surface area contributed by atoms with Crippen molar-refractivity contribution < 1.29 is 114 Å². The number of hydrogen-bond donors (Lipinski definition) is 14. The molecule has 0 spiro atoms. The highest BCUT2D eigenvalue weighted by Crippen LogP contribution is 2.39. The fourth-order valence-corrected chi connectivity index (χ4v) is 11.4. The molecule has 0 aliphatic carbocycles. The maximum Gasteiger partial charge on any atom is 0.364 e. The van der Waals surface area contributed by atoms with E-state index in [4.69, 9.17) is 33.2 Å². The van der Waals surface area contributed by atoms with Crippen LogP contribution in [0.1, 0.15) is 227 Å². The molecule has 3 fully saturated rings. The van der Waals surface area contributed by atoms with E-state index in [1.807, 2.05) is 0 Å². The van der Waals surface area contributed by atoms with E-state index in [-0.39, 0.29) is 6.42 Å². The van der Waals surface area contributed by atoms with Gasteiger partial charge in [-0.05, 0) is 32.1 Å². The van der Waals surface area contributed by atoms with Crippen molar-refractivity contribution in [1.29, 1.82) is 0 Å². The third-order valence-corrected chi connectivity index (χ3v) is 17.5. The molecule has 0 aromatic heterocycles. The molecule has 0 saturated carbocycles. The molecular formula is C64H116N2O23. The van der Waals surface area contributed by atoms with Crippen LogP contribution in [0.4, 0.5) is 0 Å². The summed E-state index contributed by atoms with van der Waals surface area (Å²) in [6, 6.07) is -1.24. The van der Waals surface area contributed by atoms with Crippen LogP contribution in [0.2, 0.25) is 0 Å². The van der Waals surface area contributed by atoms with Gasteiger partial charge in [0.25, 0.3) is 5.79 Å². The summed E-state index contributed by atoms with van der Waals surface area (Å²) in [4.78, 5) is 51.3. The van der Waals surface area contributed by atoms with Crippen LogP contribution in [0.25, 0.3) is 0 Å². The molecule has 0 aromatic carbocycles. The second-order valence-corrected chi connectivity index (χ2v) is 25.1. The van der Waals surface area contributed by atoms with Gasteiger partial charge in [-0.15, -0.1) is 0 Å². The topological polar surface area (TPSA) is 400 Å². The summed E-state index contributed by atoms with van der Waals surface area (Å²) in [6.45, 7) is 5.48. The molecule has 25 nitrogen and oxygen atoms in total. The zero-order chi connectivity index (χ0) is 65.9. The van der Waals surface area contributed by atoms with Gasteiger partial charge >= 0.3 is 11.9 Å². The van der Waals surface area contributed by atoms with Gasteiger partial charge in [-0.3, -0.25) is 14.4 Å². The third kappa shape index (κ3) is 28.6. The lowest BCUT2D eigenvalue weighted by Crippen LogP contribution is -2.70. The van der Waals surface area contributed by atoms with Crippen LogP contribution < -0.4 is 10.6 Å². The van der Waals surface area contributed by atoms with Crippen molar-refractivity contribution in [3.05, 3.63) is 12.2 Å². The molecule has 14 N–H and O–H groups in total. The number of amides is 2. The number of unbranched alkanes of at least 4 members (excludes halogenated alkanes) is 23. The number of allylic oxidation sites excluding steroid dienone is 1. The van der Waals surface area contributed by atoms with Crippen molar-refractivity contribution in [3.63, 3.8) is 0 Å². The highest BCUT2D eigenvalue weighted by molar-refractivity contribution is 5.81. The first kappa shape index (κ1) is 80.2. The maximum atomic E-state index is 13.5. The molecule has 25 heteroatoms. The molecule has 2 amide bonds. The predicted octanol–water partition coefficient (Wildman–Crippen LogP) is 4.08. The molecule has 3 aliphatic heterocycles. The Kier molecular flexibility index (Phi) is 39.4. The number of carboxylic acid groups (broad SMARTS) is 1. The fraction of sp³-hybridized carbons (Fsp3) is 0.906. The lowest BCUT2D eigenvalue weighted by Gasteiger charge is -2.49. The van der Waals surface area contributed by atoms with Gasteiger partial charge in [-0.2, -0.15) is 0 Å². The molecule has 520 valence electrons. The van der Waals surface area contributed by atoms with E-state index in [0.717, 1.165) is 64.2 Å². The number of carboxylic acids is 1. The zero-order valence-electron chi connectivity index (χ0n) is 53.9. The van der Waals surface area contributed by atoms with Crippen LogP contribution in [-0.2, 0) is 52.3 Å². The number of aliphatic hydroxyl groups is 11. The van der Waals surface area contributed by atoms with E-state index in [0.29, 0.717) is 12.8 Å².